The molecule has 0 saturated carbocycles. The molecule has 1 N–H and O–H groups in total. The van der Waals surface area contributed by atoms with Gasteiger partial charge in [-0.15, -0.1) is 0 Å². The van der Waals surface area contributed by atoms with Gasteiger partial charge in [0.25, 0.3) is 0 Å². The smallest absolute Gasteiger partial charge is 0.0384 e. The van der Waals surface area contributed by atoms with Gasteiger partial charge < -0.3 is 5.32 Å². The Bertz CT molecular complexity index is 896. The summed E-state index contributed by atoms with van der Waals surface area (Å²) in [6, 6.07) is 40.7. The first-order chi connectivity index (χ1) is 12.9. The van der Waals surface area contributed by atoms with E-state index < -0.39 is 7.92 Å². The molecule has 126 valence electrons. The molecule has 0 amide bonds. The van der Waals surface area contributed by atoms with E-state index in [1.807, 2.05) is 18.2 Å². The average Bonchev–Trinajstić information content (AvgIpc) is 2.72. The standard InChI is InChI=1S/C24H20NP/c1-4-10-20(11-5-1)25-21-16-18-24(19-17-21)26(22-12-6-2-7-13-22)23-14-8-3-9-15-23/h1-19,25H. The highest BCUT2D eigenvalue weighted by Gasteiger charge is 2.15. The van der Waals surface area contributed by atoms with E-state index in [2.05, 4.69) is 102 Å². The number of nitrogens with one attached hydrogen (secondary N) is 1. The van der Waals surface area contributed by atoms with Gasteiger partial charge in [0.2, 0.25) is 0 Å². The van der Waals surface area contributed by atoms with E-state index in [1.165, 1.54) is 15.9 Å². The summed E-state index contributed by atoms with van der Waals surface area (Å²) < 4.78 is 0. The van der Waals surface area contributed by atoms with Crippen LogP contribution >= 0.6 is 7.92 Å². The predicted molar refractivity (Wildman–Crippen MR) is 115 cm³/mol. The van der Waals surface area contributed by atoms with Crippen LogP contribution in [0.2, 0.25) is 0 Å². The first-order valence-corrected chi connectivity index (χ1v) is 10.1. The van der Waals surface area contributed by atoms with E-state index in [-0.39, 0.29) is 0 Å². The Balaban J connectivity index is 1.66. The van der Waals surface area contributed by atoms with Crippen LogP contribution in [0.15, 0.2) is 115 Å². The van der Waals surface area contributed by atoms with Crippen molar-refractivity contribution in [2.45, 2.75) is 0 Å². The summed E-state index contributed by atoms with van der Waals surface area (Å²) in [6.07, 6.45) is 0. The molecule has 0 spiro atoms. The van der Waals surface area contributed by atoms with Gasteiger partial charge in [-0.05, 0) is 48.1 Å². The molecule has 0 atom stereocenters. The molecule has 0 radical (unpaired) electrons. The van der Waals surface area contributed by atoms with Gasteiger partial charge in [-0.25, -0.2) is 0 Å². The second-order valence-corrected chi connectivity index (χ2v) is 8.26. The highest BCUT2D eigenvalue weighted by molar-refractivity contribution is 7.79. The Labute approximate surface area is 156 Å². The van der Waals surface area contributed by atoms with Crippen molar-refractivity contribution in [2.75, 3.05) is 5.32 Å². The van der Waals surface area contributed by atoms with Crippen LogP contribution in [-0.4, -0.2) is 0 Å². The molecule has 0 fully saturated rings. The van der Waals surface area contributed by atoms with Gasteiger partial charge in [0.1, 0.15) is 0 Å². The summed E-state index contributed by atoms with van der Waals surface area (Å²) in [6.45, 7) is 0. The van der Waals surface area contributed by atoms with E-state index in [0.717, 1.165) is 11.4 Å². The van der Waals surface area contributed by atoms with E-state index in [0.29, 0.717) is 0 Å². The molecule has 0 unspecified atom stereocenters. The minimum atomic E-state index is -0.545. The van der Waals surface area contributed by atoms with Gasteiger partial charge >= 0.3 is 0 Å². The zero-order valence-electron chi connectivity index (χ0n) is 14.4. The molecule has 0 heterocycles. The number of rotatable bonds is 5. The molecule has 1 nitrogen and oxygen atoms in total. The normalized spacial score (nSPS) is 10.7. The predicted octanol–water partition coefficient (Wildman–Crippen LogP) is 5.19. The van der Waals surface area contributed by atoms with E-state index in [4.69, 9.17) is 0 Å². The SMILES string of the molecule is c1ccc(Nc2ccc(P(c3ccccc3)c3ccccc3)cc2)cc1. The molecule has 0 aliphatic rings. The molecule has 4 aromatic rings. The van der Waals surface area contributed by atoms with E-state index in [9.17, 15) is 0 Å². The van der Waals surface area contributed by atoms with Crippen LogP contribution in [0.3, 0.4) is 0 Å². The Morgan fingerprint density at radius 3 is 1.27 bits per heavy atom. The lowest BCUT2D eigenvalue weighted by atomic mass is 10.3. The van der Waals surface area contributed by atoms with Crippen molar-refractivity contribution in [3.8, 4) is 0 Å². The molecule has 0 bridgehead atoms. The highest BCUT2D eigenvalue weighted by atomic mass is 31.1. The topological polar surface area (TPSA) is 12.0 Å². The van der Waals surface area contributed by atoms with Crippen LogP contribution in [0.5, 0.6) is 0 Å². The minimum Gasteiger partial charge on any atom is -0.356 e. The summed E-state index contributed by atoms with van der Waals surface area (Å²) in [7, 11) is -0.545. The Kier molecular flexibility index (Phi) is 5.09. The van der Waals surface area contributed by atoms with Crippen LogP contribution in [-0.2, 0) is 0 Å². The molecular formula is C24H20NP. The van der Waals surface area contributed by atoms with Crippen molar-refractivity contribution in [1.82, 2.24) is 0 Å². The molecule has 0 aliphatic carbocycles. The molecule has 0 aromatic heterocycles. The van der Waals surface area contributed by atoms with Gasteiger partial charge in [0.05, 0.1) is 0 Å². The van der Waals surface area contributed by atoms with E-state index in [1.54, 1.807) is 0 Å². The third-order valence-corrected chi connectivity index (χ3v) is 6.66. The van der Waals surface area contributed by atoms with Crippen LogP contribution < -0.4 is 21.2 Å². The Hall–Kier alpha value is -2.89. The first kappa shape index (κ1) is 16.6. The maximum absolute atomic E-state index is 3.46. The lowest BCUT2D eigenvalue weighted by Crippen LogP contribution is -2.20. The number of para-hydroxylation sites is 1. The third kappa shape index (κ3) is 3.85. The second-order valence-electron chi connectivity index (χ2n) is 6.04. The molecule has 0 saturated heterocycles. The Morgan fingerprint density at radius 1 is 0.385 bits per heavy atom. The summed E-state index contributed by atoms with van der Waals surface area (Å²) in [4.78, 5) is 0. The zero-order chi connectivity index (χ0) is 17.6. The van der Waals surface area contributed by atoms with Crippen molar-refractivity contribution < 1.29 is 0 Å². The third-order valence-electron chi connectivity index (χ3n) is 4.22. The largest absolute Gasteiger partial charge is 0.356 e. The van der Waals surface area contributed by atoms with Crippen molar-refractivity contribution in [3.05, 3.63) is 115 Å². The van der Waals surface area contributed by atoms with Gasteiger partial charge in [-0.3, -0.25) is 0 Å². The quantitative estimate of drug-likeness (QED) is 0.487. The molecule has 26 heavy (non-hydrogen) atoms. The lowest BCUT2D eigenvalue weighted by molar-refractivity contribution is 1.56. The molecule has 2 heteroatoms. The summed E-state index contributed by atoms with van der Waals surface area (Å²) in [5.41, 5.74) is 2.21. The highest BCUT2D eigenvalue weighted by Crippen LogP contribution is 2.33. The second kappa shape index (κ2) is 7.99. The zero-order valence-corrected chi connectivity index (χ0v) is 15.3. The number of anilines is 2. The number of hydrogen-bond acceptors (Lipinski definition) is 1. The monoisotopic (exact) mass is 353 g/mol. The van der Waals surface area contributed by atoms with Crippen molar-refractivity contribution >= 4 is 35.2 Å². The maximum atomic E-state index is 3.46. The first-order valence-electron chi connectivity index (χ1n) is 8.72. The molecular weight excluding hydrogens is 333 g/mol. The molecule has 4 aromatic carbocycles. The minimum absolute atomic E-state index is 0.545. The lowest BCUT2D eigenvalue weighted by Gasteiger charge is -2.19. The van der Waals surface area contributed by atoms with Gasteiger partial charge in [0.15, 0.2) is 0 Å². The fourth-order valence-electron chi connectivity index (χ4n) is 2.98. The fraction of sp³-hybridized carbons (Fsp3) is 0. The molecule has 4 rings (SSSR count). The Morgan fingerprint density at radius 2 is 0.769 bits per heavy atom. The van der Waals surface area contributed by atoms with Crippen molar-refractivity contribution in [3.63, 3.8) is 0 Å². The maximum Gasteiger partial charge on any atom is 0.0384 e. The van der Waals surface area contributed by atoms with Crippen LogP contribution in [0.1, 0.15) is 0 Å². The van der Waals surface area contributed by atoms with Crippen LogP contribution in [0.4, 0.5) is 11.4 Å². The van der Waals surface area contributed by atoms with Crippen LogP contribution in [0.25, 0.3) is 0 Å². The van der Waals surface area contributed by atoms with Crippen molar-refractivity contribution in [2.24, 2.45) is 0 Å². The summed E-state index contributed by atoms with van der Waals surface area (Å²) in [5, 5.41) is 7.56. The van der Waals surface area contributed by atoms with Crippen molar-refractivity contribution in [1.29, 1.82) is 0 Å². The number of benzene rings is 4. The van der Waals surface area contributed by atoms with Gasteiger partial charge in [-0.2, -0.15) is 0 Å². The van der Waals surface area contributed by atoms with Gasteiger partial charge in [0, 0.05) is 11.4 Å². The molecule has 0 aliphatic heterocycles. The summed E-state index contributed by atoms with van der Waals surface area (Å²) >= 11 is 0. The van der Waals surface area contributed by atoms with Crippen LogP contribution in [0, 0.1) is 0 Å². The number of hydrogen-bond donors (Lipinski definition) is 1. The summed E-state index contributed by atoms with van der Waals surface area (Å²) in [5.74, 6) is 0. The fourth-order valence-corrected chi connectivity index (χ4v) is 5.27. The average molecular weight is 353 g/mol. The van der Waals surface area contributed by atoms with Gasteiger partial charge in [-0.1, -0.05) is 91.0 Å². The van der Waals surface area contributed by atoms with E-state index >= 15 is 0 Å².